The minimum Gasteiger partial charge on any atom is -0.467 e. The molecule has 0 saturated carbocycles. The van der Waals surface area contributed by atoms with Crippen molar-refractivity contribution in [1.29, 1.82) is 0 Å². The monoisotopic (exact) mass is 278 g/mol. The largest absolute Gasteiger partial charge is 0.467 e. The average molecular weight is 278 g/mol. The van der Waals surface area contributed by atoms with Gasteiger partial charge in [-0.2, -0.15) is 0 Å². The highest BCUT2D eigenvalue weighted by molar-refractivity contribution is 5.82. The van der Waals surface area contributed by atoms with Gasteiger partial charge in [-0.3, -0.25) is 0 Å². The second-order valence-corrected chi connectivity index (χ2v) is 5.73. The first-order chi connectivity index (χ1) is 9.32. The summed E-state index contributed by atoms with van der Waals surface area (Å²) in [6.45, 7) is 6.86. The second kappa shape index (κ2) is 6.86. The third kappa shape index (κ3) is 3.58. The Labute approximate surface area is 121 Å². The number of nitrogens with two attached hydrogens (primary N) is 1. The van der Waals surface area contributed by atoms with Crippen LogP contribution in [0.4, 0.5) is 0 Å². The first-order valence-electron chi connectivity index (χ1n) is 6.96. The van der Waals surface area contributed by atoms with E-state index in [-0.39, 0.29) is 0 Å². The van der Waals surface area contributed by atoms with Gasteiger partial charge in [0.1, 0.15) is 0 Å². The maximum Gasteiger partial charge on any atom is 0.331 e. The Morgan fingerprint density at radius 3 is 2.30 bits per heavy atom. The first-order valence-corrected chi connectivity index (χ1v) is 6.96. The lowest BCUT2D eigenvalue weighted by molar-refractivity contribution is -0.148. The fourth-order valence-electron chi connectivity index (χ4n) is 2.24. The molecule has 4 nitrogen and oxygen atoms in total. The van der Waals surface area contributed by atoms with Gasteiger partial charge in [0.15, 0.2) is 5.54 Å². The maximum absolute atomic E-state index is 12.2. The Hall–Kier alpha value is -1.39. The van der Waals surface area contributed by atoms with Crippen LogP contribution in [-0.2, 0) is 15.1 Å². The number of esters is 1. The molecule has 20 heavy (non-hydrogen) atoms. The molecule has 2 N–H and O–H groups in total. The number of rotatable bonds is 6. The summed E-state index contributed by atoms with van der Waals surface area (Å²) in [4.78, 5) is 14.3. The van der Waals surface area contributed by atoms with Crippen molar-refractivity contribution in [2.24, 2.45) is 11.7 Å². The van der Waals surface area contributed by atoms with Gasteiger partial charge in [-0.05, 0) is 25.5 Å². The summed E-state index contributed by atoms with van der Waals surface area (Å²) < 4.78 is 4.92. The molecule has 0 spiro atoms. The predicted octanol–water partition coefficient (Wildman–Crippen LogP) is 1.99. The van der Waals surface area contributed by atoms with E-state index >= 15 is 0 Å². The third-order valence-electron chi connectivity index (χ3n) is 4.00. The van der Waals surface area contributed by atoms with E-state index < -0.39 is 11.5 Å². The summed E-state index contributed by atoms with van der Waals surface area (Å²) in [6, 6.07) is 9.72. The molecule has 0 aromatic heterocycles. The molecular weight excluding hydrogens is 252 g/mol. The van der Waals surface area contributed by atoms with E-state index in [9.17, 15) is 4.79 Å². The molecule has 0 aliphatic heterocycles. The quantitative estimate of drug-likeness (QED) is 0.809. The summed E-state index contributed by atoms with van der Waals surface area (Å²) in [5.74, 6) is 0.0733. The molecule has 2 unspecified atom stereocenters. The number of ether oxygens (including phenoxy) is 1. The van der Waals surface area contributed by atoms with Crippen molar-refractivity contribution >= 4 is 5.97 Å². The molecule has 0 aliphatic carbocycles. The summed E-state index contributed by atoms with van der Waals surface area (Å²) >= 11 is 0. The number of methoxy groups -OCH3 is 1. The van der Waals surface area contributed by atoms with Crippen LogP contribution < -0.4 is 5.73 Å². The van der Waals surface area contributed by atoms with Crippen LogP contribution in [-0.4, -0.2) is 37.6 Å². The van der Waals surface area contributed by atoms with Gasteiger partial charge < -0.3 is 15.4 Å². The van der Waals surface area contributed by atoms with Crippen LogP contribution in [0.1, 0.15) is 26.3 Å². The van der Waals surface area contributed by atoms with E-state index in [2.05, 4.69) is 25.7 Å². The number of hydrogen-bond donors (Lipinski definition) is 1. The van der Waals surface area contributed by atoms with Gasteiger partial charge in [0.05, 0.1) is 7.11 Å². The van der Waals surface area contributed by atoms with Crippen LogP contribution in [0.15, 0.2) is 30.3 Å². The Bertz CT molecular complexity index is 433. The standard InChI is InChI=1S/C16H26N2O2/c1-12(2)13(3)18(4)11-16(17,15(19)20-5)14-9-7-6-8-10-14/h6-10,12-13H,11,17H2,1-5H3. The van der Waals surface area contributed by atoms with Gasteiger partial charge in [0, 0.05) is 12.6 Å². The zero-order valence-corrected chi connectivity index (χ0v) is 13.1. The summed E-state index contributed by atoms with van der Waals surface area (Å²) in [6.07, 6.45) is 0. The van der Waals surface area contributed by atoms with Gasteiger partial charge in [0.25, 0.3) is 0 Å². The summed E-state index contributed by atoms with van der Waals surface area (Å²) in [5, 5.41) is 0. The van der Waals surface area contributed by atoms with Crippen LogP contribution in [0.25, 0.3) is 0 Å². The lowest BCUT2D eigenvalue weighted by atomic mass is 9.89. The minimum atomic E-state index is -1.14. The van der Waals surface area contributed by atoms with Crippen molar-refractivity contribution in [3.05, 3.63) is 35.9 Å². The topological polar surface area (TPSA) is 55.6 Å². The zero-order valence-electron chi connectivity index (χ0n) is 13.1. The van der Waals surface area contributed by atoms with Crippen molar-refractivity contribution < 1.29 is 9.53 Å². The molecule has 0 aliphatic rings. The van der Waals surface area contributed by atoms with Crippen LogP contribution in [0, 0.1) is 5.92 Å². The molecule has 0 radical (unpaired) electrons. The van der Waals surface area contributed by atoms with Crippen molar-refractivity contribution in [2.45, 2.75) is 32.4 Å². The van der Waals surface area contributed by atoms with Crippen molar-refractivity contribution in [3.8, 4) is 0 Å². The molecule has 0 saturated heterocycles. The Balaban J connectivity index is 3.05. The lowest BCUT2D eigenvalue weighted by Crippen LogP contribution is -2.55. The number of carbonyl (C=O) groups excluding carboxylic acids is 1. The maximum atomic E-state index is 12.2. The first kappa shape index (κ1) is 16.7. The van der Waals surface area contributed by atoms with E-state index in [4.69, 9.17) is 10.5 Å². The van der Waals surface area contributed by atoms with Crippen LogP contribution >= 0.6 is 0 Å². The minimum absolute atomic E-state index is 0.325. The fraction of sp³-hybridized carbons (Fsp3) is 0.562. The summed E-state index contributed by atoms with van der Waals surface area (Å²) in [7, 11) is 3.36. The molecule has 2 atom stereocenters. The van der Waals surface area contributed by atoms with E-state index in [0.717, 1.165) is 5.56 Å². The van der Waals surface area contributed by atoms with Crippen LogP contribution in [0.5, 0.6) is 0 Å². The van der Waals surface area contributed by atoms with Crippen molar-refractivity contribution in [2.75, 3.05) is 20.7 Å². The number of benzene rings is 1. The Morgan fingerprint density at radius 2 is 1.85 bits per heavy atom. The number of likely N-dealkylation sites (N-methyl/N-ethyl adjacent to an activating group) is 1. The molecule has 0 bridgehead atoms. The van der Waals surface area contributed by atoms with Gasteiger partial charge in [-0.25, -0.2) is 4.79 Å². The highest BCUT2D eigenvalue weighted by Crippen LogP contribution is 2.23. The smallest absolute Gasteiger partial charge is 0.331 e. The molecule has 1 rings (SSSR count). The van der Waals surface area contributed by atoms with Crippen LogP contribution in [0.3, 0.4) is 0 Å². The molecule has 0 fully saturated rings. The number of hydrogen-bond acceptors (Lipinski definition) is 4. The van der Waals surface area contributed by atoms with Gasteiger partial charge in [-0.15, -0.1) is 0 Å². The Morgan fingerprint density at radius 1 is 1.30 bits per heavy atom. The predicted molar refractivity (Wildman–Crippen MR) is 81.3 cm³/mol. The van der Waals surface area contributed by atoms with E-state index in [1.54, 1.807) is 0 Å². The normalized spacial score (nSPS) is 16.0. The fourth-order valence-corrected chi connectivity index (χ4v) is 2.24. The molecule has 4 heteroatoms. The van der Waals surface area contributed by atoms with Crippen LogP contribution in [0.2, 0.25) is 0 Å². The SMILES string of the molecule is COC(=O)C(N)(CN(C)C(C)C(C)C)c1ccccc1. The number of nitrogens with zero attached hydrogens (tertiary/aromatic N) is 1. The van der Waals surface area contributed by atoms with E-state index in [0.29, 0.717) is 18.5 Å². The summed E-state index contributed by atoms with van der Waals surface area (Å²) in [5.41, 5.74) is 6.02. The highest BCUT2D eigenvalue weighted by atomic mass is 16.5. The highest BCUT2D eigenvalue weighted by Gasteiger charge is 2.39. The Kier molecular flexibility index (Phi) is 5.72. The molecule has 0 heterocycles. The average Bonchev–Trinajstić information content (AvgIpc) is 2.45. The molecule has 0 amide bonds. The van der Waals surface area contributed by atoms with Crippen molar-refractivity contribution in [1.82, 2.24) is 4.90 Å². The molecule has 1 aromatic rings. The second-order valence-electron chi connectivity index (χ2n) is 5.73. The van der Waals surface area contributed by atoms with Gasteiger partial charge in [0.2, 0.25) is 0 Å². The number of carbonyl (C=O) groups is 1. The van der Waals surface area contributed by atoms with Crippen molar-refractivity contribution in [3.63, 3.8) is 0 Å². The third-order valence-corrected chi connectivity index (χ3v) is 4.00. The lowest BCUT2D eigenvalue weighted by Gasteiger charge is -2.36. The van der Waals surface area contributed by atoms with E-state index in [1.807, 2.05) is 37.4 Å². The van der Waals surface area contributed by atoms with E-state index in [1.165, 1.54) is 7.11 Å². The van der Waals surface area contributed by atoms with Gasteiger partial charge in [-0.1, -0.05) is 44.2 Å². The van der Waals surface area contributed by atoms with Gasteiger partial charge >= 0.3 is 5.97 Å². The zero-order chi connectivity index (χ0) is 15.3. The molecule has 1 aromatic carbocycles. The molecular formula is C16H26N2O2. The molecule has 112 valence electrons.